The van der Waals surface area contributed by atoms with Gasteiger partial charge in [0.2, 0.25) is 5.82 Å². The Bertz CT molecular complexity index is 1260. The zero-order chi connectivity index (χ0) is 22.3. The van der Waals surface area contributed by atoms with Crippen LogP contribution in [0.25, 0.3) is 10.9 Å². The molecule has 1 aliphatic rings. The molecule has 1 aromatic carbocycles. The van der Waals surface area contributed by atoms with Crippen molar-refractivity contribution in [3.05, 3.63) is 48.0 Å². The van der Waals surface area contributed by atoms with E-state index in [4.69, 9.17) is 11.6 Å². The van der Waals surface area contributed by atoms with Gasteiger partial charge in [0.15, 0.2) is 0 Å². The fraction of sp³-hybridized carbons (Fsp3) is 0.412. The van der Waals surface area contributed by atoms with Gasteiger partial charge in [0, 0.05) is 18.0 Å². The quantitative estimate of drug-likeness (QED) is 0.382. The molecule has 31 heavy (non-hydrogen) atoms. The predicted molar refractivity (Wildman–Crippen MR) is 114 cm³/mol. The van der Waals surface area contributed by atoms with E-state index in [0.29, 0.717) is 51.1 Å². The molecule has 2 N–H and O–H groups in total. The van der Waals surface area contributed by atoms with E-state index in [1.54, 1.807) is 0 Å². The maximum absolute atomic E-state index is 12.9. The lowest BCUT2D eigenvalue weighted by atomic mass is 10.2. The fourth-order valence-corrected chi connectivity index (χ4v) is 5.36. The van der Waals surface area contributed by atoms with Crippen LogP contribution in [0, 0.1) is 0 Å². The Morgan fingerprint density at radius 2 is 2.00 bits per heavy atom. The molecule has 0 saturated heterocycles. The molecule has 0 spiro atoms. The lowest BCUT2D eigenvalue weighted by Crippen LogP contribution is -2.36. The van der Waals surface area contributed by atoms with E-state index in [-0.39, 0.29) is 11.9 Å². The number of rotatable bonds is 5. The summed E-state index contributed by atoms with van der Waals surface area (Å²) in [4.78, 5) is 31.2. The highest BCUT2D eigenvalue weighted by molar-refractivity contribution is 9.10. The number of hydrogen-bond donors (Lipinski definition) is 2. The number of hydrogen-bond acceptors (Lipinski definition) is 6. The van der Waals surface area contributed by atoms with Gasteiger partial charge in [-0.25, -0.2) is 4.79 Å². The summed E-state index contributed by atoms with van der Waals surface area (Å²) in [6.45, 7) is 1.58. The highest BCUT2D eigenvalue weighted by atomic mass is 79.9. The number of nitrogens with one attached hydrogen (secondary N) is 2. The zero-order valence-electron chi connectivity index (χ0n) is 15.7. The number of aromatic nitrogens is 5. The van der Waals surface area contributed by atoms with Gasteiger partial charge >= 0.3 is 11.9 Å². The molecule has 0 aliphatic carbocycles. The van der Waals surface area contributed by atoms with Crippen LogP contribution in [0.1, 0.15) is 18.1 Å². The summed E-state index contributed by atoms with van der Waals surface area (Å²) < 4.78 is 40.5. The molecule has 3 aromatic rings. The first kappa shape index (κ1) is 22.4. The van der Waals surface area contributed by atoms with Crippen LogP contribution in [0.3, 0.4) is 0 Å². The Morgan fingerprint density at radius 1 is 1.23 bits per heavy atom. The van der Waals surface area contributed by atoms with Crippen LogP contribution in [0.15, 0.2) is 25.0 Å². The van der Waals surface area contributed by atoms with Crippen LogP contribution in [0.4, 0.5) is 13.2 Å². The summed E-state index contributed by atoms with van der Waals surface area (Å²) in [5.41, 5.74) is -0.726. The third-order valence-electron chi connectivity index (χ3n) is 4.84. The second-order valence-electron chi connectivity index (χ2n) is 6.90. The summed E-state index contributed by atoms with van der Waals surface area (Å²) in [5, 5.41) is 7.60. The van der Waals surface area contributed by atoms with Gasteiger partial charge in [-0.05, 0) is 40.7 Å². The molecule has 0 atom stereocenters. The van der Waals surface area contributed by atoms with Crippen molar-refractivity contribution in [3.63, 3.8) is 0 Å². The van der Waals surface area contributed by atoms with Crippen LogP contribution in [-0.4, -0.2) is 48.5 Å². The summed E-state index contributed by atoms with van der Waals surface area (Å²) >= 11 is 11.0. The summed E-state index contributed by atoms with van der Waals surface area (Å²) in [7, 11) is 0. The number of nitrogens with zero attached hydrogens (tertiary/aromatic N) is 4. The monoisotopic (exact) mass is 538 g/mol. The molecular weight excluding hydrogens is 525 g/mol. The highest BCUT2D eigenvalue weighted by Crippen LogP contribution is 2.38. The first-order valence-corrected chi connectivity index (χ1v) is 11.3. The lowest BCUT2D eigenvalue weighted by Gasteiger charge is -2.27. The Labute approximate surface area is 190 Å². The van der Waals surface area contributed by atoms with Gasteiger partial charge < -0.3 is 9.55 Å². The van der Waals surface area contributed by atoms with Gasteiger partial charge in [0.25, 0.3) is 5.56 Å². The minimum Gasteiger partial charge on any atom is -0.306 e. The number of thioether (sulfide) groups is 1. The molecule has 8 nitrogen and oxygen atoms in total. The number of halogens is 5. The number of fused-ring (bicyclic) bond motifs is 2. The molecule has 14 heteroatoms. The average molecular weight is 540 g/mol. The number of benzene rings is 1. The standard InChI is InChI=1S/C17H15BrClF3N6O2S/c18-11-9(19)6-8-12(23-16(30)24-14(8)29)13(11)31-5-1-2-27-3-4-28-10(7-27)25-26-15(28)17(20,21)22/h6H,1-5,7H2,(H2,23,24,29,30). The van der Waals surface area contributed by atoms with Crippen molar-refractivity contribution in [1.82, 2.24) is 29.6 Å². The van der Waals surface area contributed by atoms with Gasteiger partial charge in [-0.15, -0.1) is 22.0 Å². The van der Waals surface area contributed by atoms with E-state index in [2.05, 4.69) is 36.1 Å². The van der Waals surface area contributed by atoms with Crippen LogP contribution in [0.2, 0.25) is 5.02 Å². The van der Waals surface area contributed by atoms with Crippen molar-refractivity contribution in [3.8, 4) is 0 Å². The van der Waals surface area contributed by atoms with Crippen LogP contribution < -0.4 is 11.2 Å². The van der Waals surface area contributed by atoms with Crippen molar-refractivity contribution >= 4 is 50.2 Å². The number of aromatic amines is 2. The van der Waals surface area contributed by atoms with Crippen LogP contribution in [-0.2, 0) is 19.3 Å². The zero-order valence-corrected chi connectivity index (χ0v) is 18.9. The Kier molecular flexibility index (Phi) is 6.21. The van der Waals surface area contributed by atoms with Gasteiger partial charge in [-0.1, -0.05) is 11.6 Å². The van der Waals surface area contributed by atoms with Gasteiger partial charge in [-0.2, -0.15) is 13.2 Å². The second kappa shape index (κ2) is 8.60. The van der Waals surface area contributed by atoms with Crippen LogP contribution >= 0.6 is 39.3 Å². The molecule has 4 rings (SSSR count). The van der Waals surface area contributed by atoms with E-state index >= 15 is 0 Å². The van der Waals surface area contributed by atoms with Crippen LogP contribution in [0.5, 0.6) is 0 Å². The molecule has 3 heterocycles. The van der Waals surface area contributed by atoms with E-state index in [1.165, 1.54) is 17.8 Å². The third-order valence-corrected chi connectivity index (χ3v) is 7.64. The topological polar surface area (TPSA) is 99.7 Å². The smallest absolute Gasteiger partial charge is 0.306 e. The molecule has 0 unspecified atom stereocenters. The van der Waals surface area contributed by atoms with Crippen molar-refractivity contribution in [2.75, 3.05) is 18.8 Å². The van der Waals surface area contributed by atoms with Gasteiger partial charge in [-0.3, -0.25) is 14.7 Å². The molecule has 0 amide bonds. The van der Waals surface area contributed by atoms with E-state index in [0.717, 1.165) is 11.0 Å². The highest BCUT2D eigenvalue weighted by Gasteiger charge is 2.39. The molecule has 0 saturated carbocycles. The third kappa shape index (κ3) is 4.54. The number of H-pyrrole nitrogens is 2. The minimum absolute atomic E-state index is 0.179. The molecule has 2 aromatic heterocycles. The second-order valence-corrected chi connectivity index (χ2v) is 9.21. The van der Waals surface area contributed by atoms with E-state index in [9.17, 15) is 22.8 Å². The van der Waals surface area contributed by atoms with Crippen molar-refractivity contribution in [2.45, 2.75) is 30.6 Å². The molecule has 1 aliphatic heterocycles. The minimum atomic E-state index is -4.51. The van der Waals surface area contributed by atoms with Crippen molar-refractivity contribution < 1.29 is 13.2 Å². The van der Waals surface area contributed by atoms with Crippen molar-refractivity contribution in [1.29, 1.82) is 0 Å². The number of alkyl halides is 3. The average Bonchev–Trinajstić information content (AvgIpc) is 3.12. The van der Waals surface area contributed by atoms with Gasteiger partial charge in [0.1, 0.15) is 5.82 Å². The fourth-order valence-electron chi connectivity index (χ4n) is 3.43. The largest absolute Gasteiger partial charge is 0.451 e. The summed E-state index contributed by atoms with van der Waals surface area (Å²) in [6, 6.07) is 1.49. The Balaban J connectivity index is 1.42. The SMILES string of the molecule is O=c1[nH]c(=O)c2cc(Cl)c(Br)c(SCCCN3CCn4c(nnc4C(F)(F)F)C3)c2[nH]1. The van der Waals surface area contributed by atoms with E-state index < -0.39 is 23.2 Å². The Morgan fingerprint density at radius 3 is 2.74 bits per heavy atom. The maximum Gasteiger partial charge on any atom is 0.451 e. The molecule has 0 fully saturated rings. The summed E-state index contributed by atoms with van der Waals surface area (Å²) in [6.07, 6.45) is -3.79. The molecule has 0 radical (unpaired) electrons. The van der Waals surface area contributed by atoms with E-state index in [1.807, 2.05) is 4.90 Å². The molecule has 166 valence electrons. The Hall–Kier alpha value is -1.83. The first-order valence-electron chi connectivity index (χ1n) is 9.14. The summed E-state index contributed by atoms with van der Waals surface area (Å²) in [5.74, 6) is -0.0224. The predicted octanol–water partition coefficient (Wildman–Crippen LogP) is 3.24. The lowest BCUT2D eigenvalue weighted by molar-refractivity contribution is -0.148. The maximum atomic E-state index is 12.9. The molecular formula is C17H15BrClF3N6O2S. The first-order chi connectivity index (χ1) is 14.6. The van der Waals surface area contributed by atoms with Gasteiger partial charge in [0.05, 0.1) is 26.9 Å². The molecule has 0 bridgehead atoms. The normalized spacial score (nSPS) is 14.9. The van der Waals surface area contributed by atoms with Crippen molar-refractivity contribution in [2.24, 2.45) is 0 Å².